The highest BCUT2D eigenvalue weighted by molar-refractivity contribution is 14.1. The van der Waals surface area contributed by atoms with Crippen LogP contribution < -0.4 is 10.6 Å². The summed E-state index contributed by atoms with van der Waals surface area (Å²) >= 11 is 3.59. The Hall–Kier alpha value is -2.40. The van der Waals surface area contributed by atoms with E-state index in [9.17, 15) is 9.59 Å². The number of anilines is 1. The third-order valence-electron chi connectivity index (χ3n) is 5.12. The average molecular weight is 577 g/mol. The topological polar surface area (TPSA) is 88.9 Å². The van der Waals surface area contributed by atoms with E-state index in [4.69, 9.17) is 0 Å². The standard InChI is InChI=1S/C24H28IN5O2S/c1-5-30-22(21(15(2)3)27-23(32)17-9-7-6-8-10-17)28-29-24(30)33-14-20(31)26-19-12-11-18(25)13-16(19)4/h6-13,15,21H,5,14H2,1-4H3,(H,26,31)(H,27,32)/t21-/m1/s1. The van der Waals surface area contributed by atoms with Crippen molar-refractivity contribution in [1.82, 2.24) is 20.1 Å². The van der Waals surface area contributed by atoms with Gasteiger partial charge in [0, 0.05) is 21.4 Å². The second-order valence-electron chi connectivity index (χ2n) is 7.94. The van der Waals surface area contributed by atoms with Crippen molar-refractivity contribution in [3.05, 3.63) is 69.1 Å². The summed E-state index contributed by atoms with van der Waals surface area (Å²) in [6, 6.07) is 14.7. The number of amides is 2. The van der Waals surface area contributed by atoms with Crippen LogP contribution in [0.15, 0.2) is 53.7 Å². The first-order chi connectivity index (χ1) is 15.8. The Balaban J connectivity index is 1.70. The molecule has 174 valence electrons. The van der Waals surface area contributed by atoms with Gasteiger partial charge in [-0.3, -0.25) is 9.59 Å². The molecule has 3 aromatic rings. The number of carbonyl (C=O) groups is 2. The highest BCUT2D eigenvalue weighted by Crippen LogP contribution is 2.26. The minimum absolute atomic E-state index is 0.102. The van der Waals surface area contributed by atoms with Crippen LogP contribution in [0, 0.1) is 16.4 Å². The Morgan fingerprint density at radius 1 is 1.12 bits per heavy atom. The lowest BCUT2D eigenvalue weighted by Gasteiger charge is -2.22. The SMILES string of the molecule is CCn1c(SCC(=O)Nc2ccc(I)cc2C)nnc1[C@H](NC(=O)c1ccccc1)C(C)C. The minimum atomic E-state index is -0.303. The molecule has 9 heteroatoms. The van der Waals surface area contributed by atoms with Crippen LogP contribution in [-0.4, -0.2) is 32.3 Å². The van der Waals surface area contributed by atoms with Crippen LogP contribution in [0.5, 0.6) is 0 Å². The lowest BCUT2D eigenvalue weighted by molar-refractivity contribution is -0.113. The van der Waals surface area contributed by atoms with Gasteiger partial charge in [-0.05, 0) is 78.3 Å². The monoisotopic (exact) mass is 577 g/mol. The number of halogens is 1. The summed E-state index contributed by atoms with van der Waals surface area (Å²) in [5.41, 5.74) is 2.43. The molecule has 0 bridgehead atoms. The average Bonchev–Trinajstić information content (AvgIpc) is 3.20. The predicted molar refractivity (Wildman–Crippen MR) is 140 cm³/mol. The van der Waals surface area contributed by atoms with E-state index in [0.717, 1.165) is 14.8 Å². The molecule has 0 radical (unpaired) electrons. The summed E-state index contributed by atoms with van der Waals surface area (Å²) in [7, 11) is 0. The van der Waals surface area contributed by atoms with Gasteiger partial charge in [0.1, 0.15) is 0 Å². The quantitative estimate of drug-likeness (QED) is 0.274. The zero-order valence-electron chi connectivity index (χ0n) is 19.1. The molecule has 0 saturated carbocycles. The molecular formula is C24H28IN5O2S. The summed E-state index contributed by atoms with van der Waals surface area (Å²) < 4.78 is 3.09. The summed E-state index contributed by atoms with van der Waals surface area (Å²) in [5, 5.41) is 15.4. The third-order valence-corrected chi connectivity index (χ3v) is 6.76. The first-order valence-electron chi connectivity index (χ1n) is 10.8. The van der Waals surface area contributed by atoms with Crippen molar-refractivity contribution in [2.45, 2.75) is 45.4 Å². The molecule has 0 aliphatic carbocycles. The zero-order valence-corrected chi connectivity index (χ0v) is 22.1. The Morgan fingerprint density at radius 3 is 2.48 bits per heavy atom. The summed E-state index contributed by atoms with van der Waals surface area (Å²) in [6.07, 6.45) is 0. The molecule has 7 nitrogen and oxygen atoms in total. The molecule has 0 unspecified atom stereocenters. The summed E-state index contributed by atoms with van der Waals surface area (Å²) in [5.74, 6) is 0.757. The first kappa shape index (κ1) is 25.2. The number of hydrogen-bond acceptors (Lipinski definition) is 5. The van der Waals surface area contributed by atoms with Crippen molar-refractivity contribution in [2.75, 3.05) is 11.1 Å². The second kappa shape index (κ2) is 11.6. The molecule has 0 fully saturated rings. The number of benzene rings is 2. The van der Waals surface area contributed by atoms with E-state index in [-0.39, 0.29) is 29.5 Å². The lowest BCUT2D eigenvalue weighted by Crippen LogP contribution is -2.33. The molecular weight excluding hydrogens is 549 g/mol. The number of carbonyl (C=O) groups excluding carboxylic acids is 2. The van der Waals surface area contributed by atoms with Crippen LogP contribution in [0.4, 0.5) is 5.69 Å². The maximum atomic E-state index is 12.7. The van der Waals surface area contributed by atoms with Crippen LogP contribution in [0.1, 0.15) is 48.6 Å². The molecule has 1 heterocycles. The van der Waals surface area contributed by atoms with Crippen LogP contribution >= 0.6 is 34.4 Å². The molecule has 1 atom stereocenters. The molecule has 2 N–H and O–H groups in total. The first-order valence-corrected chi connectivity index (χ1v) is 12.8. The Morgan fingerprint density at radius 2 is 1.85 bits per heavy atom. The van der Waals surface area contributed by atoms with Crippen molar-refractivity contribution in [3.8, 4) is 0 Å². The van der Waals surface area contributed by atoms with Gasteiger partial charge in [0.05, 0.1) is 11.8 Å². The third kappa shape index (κ3) is 6.57. The molecule has 0 aliphatic heterocycles. The fraction of sp³-hybridized carbons (Fsp3) is 0.333. The van der Waals surface area contributed by atoms with Crippen LogP contribution in [0.2, 0.25) is 0 Å². The van der Waals surface area contributed by atoms with Crippen molar-refractivity contribution in [1.29, 1.82) is 0 Å². The fourth-order valence-electron chi connectivity index (χ4n) is 3.36. The molecule has 0 spiro atoms. The van der Waals surface area contributed by atoms with Crippen LogP contribution in [-0.2, 0) is 11.3 Å². The Bertz CT molecular complexity index is 1120. The van der Waals surface area contributed by atoms with E-state index in [2.05, 4.69) is 43.4 Å². The number of nitrogens with zero attached hydrogens (tertiary/aromatic N) is 3. The van der Waals surface area contributed by atoms with E-state index in [0.29, 0.717) is 23.1 Å². The van der Waals surface area contributed by atoms with Gasteiger partial charge in [0.25, 0.3) is 5.91 Å². The van der Waals surface area contributed by atoms with Crippen molar-refractivity contribution in [2.24, 2.45) is 5.92 Å². The minimum Gasteiger partial charge on any atom is -0.342 e. The van der Waals surface area contributed by atoms with Gasteiger partial charge in [0.2, 0.25) is 5.91 Å². The van der Waals surface area contributed by atoms with E-state index < -0.39 is 0 Å². The fourth-order valence-corrected chi connectivity index (χ4v) is 4.82. The van der Waals surface area contributed by atoms with Gasteiger partial charge < -0.3 is 15.2 Å². The molecule has 3 rings (SSSR count). The number of rotatable bonds is 9. The van der Waals surface area contributed by atoms with Gasteiger partial charge in [0.15, 0.2) is 11.0 Å². The molecule has 0 saturated heterocycles. The maximum Gasteiger partial charge on any atom is 0.251 e. The van der Waals surface area contributed by atoms with Crippen LogP contribution in [0.25, 0.3) is 0 Å². The van der Waals surface area contributed by atoms with E-state index >= 15 is 0 Å². The Kier molecular flexibility index (Phi) is 8.90. The largest absolute Gasteiger partial charge is 0.342 e. The summed E-state index contributed by atoms with van der Waals surface area (Å²) in [6.45, 7) is 8.68. The number of hydrogen-bond donors (Lipinski definition) is 2. The van der Waals surface area contributed by atoms with Gasteiger partial charge in [-0.25, -0.2) is 0 Å². The smallest absolute Gasteiger partial charge is 0.251 e. The molecule has 1 aromatic heterocycles. The van der Waals surface area contributed by atoms with Crippen molar-refractivity contribution >= 4 is 51.9 Å². The molecule has 0 aliphatic rings. The zero-order chi connectivity index (χ0) is 24.0. The van der Waals surface area contributed by atoms with Gasteiger partial charge >= 0.3 is 0 Å². The number of aryl methyl sites for hydroxylation is 1. The Labute approximate surface area is 212 Å². The van der Waals surface area contributed by atoms with Gasteiger partial charge in [-0.1, -0.05) is 43.8 Å². The number of nitrogens with one attached hydrogen (secondary N) is 2. The number of aromatic nitrogens is 3. The maximum absolute atomic E-state index is 12.7. The van der Waals surface area contributed by atoms with Crippen molar-refractivity contribution < 1.29 is 9.59 Å². The predicted octanol–water partition coefficient (Wildman–Crippen LogP) is 5.07. The van der Waals surface area contributed by atoms with Gasteiger partial charge in [-0.15, -0.1) is 10.2 Å². The molecule has 2 aromatic carbocycles. The van der Waals surface area contributed by atoms with E-state index in [1.165, 1.54) is 11.8 Å². The normalized spacial score (nSPS) is 11.9. The highest BCUT2D eigenvalue weighted by atomic mass is 127. The highest BCUT2D eigenvalue weighted by Gasteiger charge is 2.26. The second-order valence-corrected chi connectivity index (χ2v) is 10.1. The van der Waals surface area contributed by atoms with Gasteiger partial charge in [-0.2, -0.15) is 0 Å². The molecule has 2 amide bonds. The van der Waals surface area contributed by atoms with E-state index in [1.807, 2.05) is 68.7 Å². The van der Waals surface area contributed by atoms with E-state index in [1.54, 1.807) is 12.1 Å². The molecule has 33 heavy (non-hydrogen) atoms. The van der Waals surface area contributed by atoms with Crippen LogP contribution in [0.3, 0.4) is 0 Å². The van der Waals surface area contributed by atoms with Crippen molar-refractivity contribution in [3.63, 3.8) is 0 Å². The summed E-state index contributed by atoms with van der Waals surface area (Å²) in [4.78, 5) is 25.3. The number of thioether (sulfide) groups is 1. The lowest BCUT2D eigenvalue weighted by atomic mass is 10.0.